The SMILES string of the molecule is Fc1cc(F)c2ccoc2c1CC1CCNCC1. The zero-order valence-corrected chi connectivity index (χ0v) is 10.0. The fourth-order valence-corrected chi connectivity index (χ4v) is 2.68. The van der Waals surface area contributed by atoms with Gasteiger partial charge in [0.25, 0.3) is 0 Å². The van der Waals surface area contributed by atoms with Crippen LogP contribution in [0.15, 0.2) is 22.8 Å². The van der Waals surface area contributed by atoms with Gasteiger partial charge in [-0.25, -0.2) is 8.78 Å². The lowest BCUT2D eigenvalue weighted by Crippen LogP contribution is -2.28. The zero-order valence-electron chi connectivity index (χ0n) is 10.0. The molecule has 96 valence electrons. The first-order valence-electron chi connectivity index (χ1n) is 6.30. The van der Waals surface area contributed by atoms with Gasteiger partial charge < -0.3 is 9.73 Å². The Morgan fingerprint density at radius 2 is 2.00 bits per heavy atom. The van der Waals surface area contributed by atoms with Gasteiger partial charge in [-0.1, -0.05) is 0 Å². The van der Waals surface area contributed by atoms with Crippen LogP contribution >= 0.6 is 0 Å². The first-order valence-corrected chi connectivity index (χ1v) is 6.30. The lowest BCUT2D eigenvalue weighted by Gasteiger charge is -2.22. The third-order valence-electron chi connectivity index (χ3n) is 3.69. The van der Waals surface area contributed by atoms with Crippen LogP contribution in [0.2, 0.25) is 0 Å². The summed E-state index contributed by atoms with van der Waals surface area (Å²) in [6.45, 7) is 1.93. The molecule has 0 spiro atoms. The predicted molar refractivity (Wildman–Crippen MR) is 65.4 cm³/mol. The van der Waals surface area contributed by atoms with Crippen LogP contribution in [0, 0.1) is 17.6 Å². The van der Waals surface area contributed by atoms with Crippen LogP contribution in [0.25, 0.3) is 11.0 Å². The van der Waals surface area contributed by atoms with Crippen molar-refractivity contribution in [1.29, 1.82) is 0 Å². The molecule has 0 unspecified atom stereocenters. The molecule has 1 N–H and O–H groups in total. The molecule has 0 bridgehead atoms. The third kappa shape index (κ3) is 2.01. The second-order valence-electron chi connectivity index (χ2n) is 4.88. The summed E-state index contributed by atoms with van der Waals surface area (Å²) in [6, 6.07) is 2.52. The number of piperidine rings is 1. The maximum Gasteiger partial charge on any atom is 0.142 e. The smallest absolute Gasteiger partial charge is 0.142 e. The summed E-state index contributed by atoms with van der Waals surface area (Å²) in [5.74, 6) is -0.599. The molecule has 0 aliphatic carbocycles. The third-order valence-corrected chi connectivity index (χ3v) is 3.69. The lowest BCUT2D eigenvalue weighted by atomic mass is 9.90. The Labute approximate surface area is 104 Å². The summed E-state index contributed by atoms with van der Waals surface area (Å²) < 4.78 is 32.7. The Morgan fingerprint density at radius 1 is 1.22 bits per heavy atom. The highest BCUT2D eigenvalue weighted by molar-refractivity contribution is 5.81. The molecule has 1 aromatic heterocycles. The summed E-state index contributed by atoms with van der Waals surface area (Å²) in [4.78, 5) is 0. The first kappa shape index (κ1) is 11.7. The van der Waals surface area contributed by atoms with Crippen molar-refractivity contribution in [2.75, 3.05) is 13.1 Å². The maximum absolute atomic E-state index is 13.9. The highest BCUT2D eigenvalue weighted by Gasteiger charge is 2.20. The van der Waals surface area contributed by atoms with Gasteiger partial charge in [0.2, 0.25) is 0 Å². The summed E-state index contributed by atoms with van der Waals surface area (Å²) in [6.07, 6.45) is 4.09. The van der Waals surface area contributed by atoms with Gasteiger partial charge >= 0.3 is 0 Å². The number of benzene rings is 1. The van der Waals surface area contributed by atoms with Crippen molar-refractivity contribution in [1.82, 2.24) is 5.32 Å². The minimum absolute atomic E-state index is 0.367. The Kier molecular flexibility index (Phi) is 3.04. The van der Waals surface area contributed by atoms with Gasteiger partial charge in [0.1, 0.15) is 17.2 Å². The van der Waals surface area contributed by atoms with Crippen LogP contribution in [0.3, 0.4) is 0 Å². The van der Waals surface area contributed by atoms with Crippen LogP contribution < -0.4 is 5.32 Å². The van der Waals surface area contributed by atoms with Crippen LogP contribution in [-0.4, -0.2) is 13.1 Å². The second kappa shape index (κ2) is 4.69. The van der Waals surface area contributed by atoms with E-state index in [0.717, 1.165) is 32.0 Å². The highest BCUT2D eigenvalue weighted by Crippen LogP contribution is 2.29. The zero-order chi connectivity index (χ0) is 12.5. The second-order valence-corrected chi connectivity index (χ2v) is 4.88. The van der Waals surface area contributed by atoms with Gasteiger partial charge in [-0.15, -0.1) is 0 Å². The molecule has 3 rings (SSSR count). The van der Waals surface area contributed by atoms with E-state index in [1.165, 1.54) is 6.26 Å². The number of hydrogen-bond donors (Lipinski definition) is 1. The van der Waals surface area contributed by atoms with Gasteiger partial charge in [0.05, 0.1) is 11.6 Å². The monoisotopic (exact) mass is 251 g/mol. The molecular weight excluding hydrogens is 236 g/mol. The van der Waals surface area contributed by atoms with E-state index in [0.29, 0.717) is 28.9 Å². The minimum Gasteiger partial charge on any atom is -0.464 e. The molecule has 1 fully saturated rings. The van der Waals surface area contributed by atoms with Crippen molar-refractivity contribution in [2.24, 2.45) is 5.92 Å². The standard InChI is InChI=1S/C14H15F2NO/c15-12-8-13(16)11(14-10(12)3-6-18-14)7-9-1-4-17-5-2-9/h3,6,8-9,17H,1-2,4-5,7H2. The molecule has 1 aliphatic heterocycles. The van der Waals surface area contributed by atoms with Crippen molar-refractivity contribution in [3.63, 3.8) is 0 Å². The highest BCUT2D eigenvalue weighted by atomic mass is 19.1. The normalized spacial score (nSPS) is 17.4. The molecule has 2 heterocycles. The molecular formula is C14H15F2NO. The molecule has 18 heavy (non-hydrogen) atoms. The topological polar surface area (TPSA) is 25.2 Å². The van der Waals surface area contributed by atoms with E-state index in [9.17, 15) is 8.78 Å². The number of halogens is 2. The summed E-state index contributed by atoms with van der Waals surface area (Å²) in [5, 5.41) is 3.65. The van der Waals surface area contributed by atoms with E-state index in [1.54, 1.807) is 6.07 Å². The van der Waals surface area contributed by atoms with Gasteiger partial charge in [0, 0.05) is 11.6 Å². The number of furan rings is 1. The first-order chi connectivity index (χ1) is 8.75. The van der Waals surface area contributed by atoms with Crippen LogP contribution in [-0.2, 0) is 6.42 Å². The van der Waals surface area contributed by atoms with Crippen LogP contribution in [0.1, 0.15) is 18.4 Å². The van der Waals surface area contributed by atoms with Crippen molar-refractivity contribution in [3.05, 3.63) is 35.6 Å². The Bertz CT molecular complexity index is 558. The molecule has 2 aromatic rings. The van der Waals surface area contributed by atoms with Crippen molar-refractivity contribution < 1.29 is 13.2 Å². The molecule has 1 aromatic carbocycles. The number of nitrogens with one attached hydrogen (secondary N) is 1. The number of rotatable bonds is 2. The van der Waals surface area contributed by atoms with E-state index < -0.39 is 11.6 Å². The molecule has 0 amide bonds. The fourth-order valence-electron chi connectivity index (χ4n) is 2.68. The largest absolute Gasteiger partial charge is 0.464 e. The quantitative estimate of drug-likeness (QED) is 0.886. The minimum atomic E-state index is -0.551. The van der Waals surface area contributed by atoms with Gasteiger partial charge in [-0.05, 0) is 44.3 Å². The van der Waals surface area contributed by atoms with E-state index in [1.807, 2.05) is 0 Å². The van der Waals surface area contributed by atoms with Crippen molar-refractivity contribution in [2.45, 2.75) is 19.3 Å². The summed E-state index contributed by atoms with van der Waals surface area (Å²) in [5.41, 5.74) is 0.884. The maximum atomic E-state index is 13.9. The van der Waals surface area contributed by atoms with Crippen LogP contribution in [0.4, 0.5) is 8.78 Å². The molecule has 0 atom stereocenters. The molecule has 4 heteroatoms. The Hall–Kier alpha value is -1.42. The van der Waals surface area contributed by atoms with E-state index >= 15 is 0 Å². The molecule has 2 nitrogen and oxygen atoms in total. The average molecular weight is 251 g/mol. The van der Waals surface area contributed by atoms with Gasteiger partial charge in [-0.3, -0.25) is 0 Å². The molecule has 0 radical (unpaired) electrons. The summed E-state index contributed by atoms with van der Waals surface area (Å²) in [7, 11) is 0. The van der Waals surface area contributed by atoms with Crippen molar-refractivity contribution >= 4 is 11.0 Å². The van der Waals surface area contributed by atoms with Crippen LogP contribution in [0.5, 0.6) is 0 Å². The van der Waals surface area contributed by atoms with E-state index in [-0.39, 0.29) is 0 Å². The average Bonchev–Trinajstić information content (AvgIpc) is 2.85. The summed E-state index contributed by atoms with van der Waals surface area (Å²) >= 11 is 0. The molecule has 0 saturated carbocycles. The Morgan fingerprint density at radius 3 is 2.78 bits per heavy atom. The fraction of sp³-hybridized carbons (Fsp3) is 0.429. The predicted octanol–water partition coefficient (Wildman–Crippen LogP) is 3.25. The Balaban J connectivity index is 1.97. The van der Waals surface area contributed by atoms with Gasteiger partial charge in [0.15, 0.2) is 0 Å². The molecule has 1 saturated heterocycles. The van der Waals surface area contributed by atoms with Crippen molar-refractivity contribution in [3.8, 4) is 0 Å². The number of fused-ring (bicyclic) bond motifs is 1. The molecule has 1 aliphatic rings. The number of hydrogen-bond acceptors (Lipinski definition) is 2. The van der Waals surface area contributed by atoms with E-state index in [2.05, 4.69) is 5.32 Å². The van der Waals surface area contributed by atoms with E-state index in [4.69, 9.17) is 4.42 Å². The van der Waals surface area contributed by atoms with Gasteiger partial charge in [-0.2, -0.15) is 0 Å². The lowest BCUT2D eigenvalue weighted by molar-refractivity contribution is 0.367.